The topological polar surface area (TPSA) is 131 Å². The minimum Gasteiger partial charge on any atom is -0.493 e. The molecule has 0 aliphatic rings. The number of aryl methyl sites for hydroxylation is 3. The highest BCUT2D eigenvalue weighted by Gasteiger charge is 2.17. The number of halogens is 1. The fourth-order valence-electron chi connectivity index (χ4n) is 2.83. The summed E-state index contributed by atoms with van der Waals surface area (Å²) >= 11 is 3.36. The van der Waals surface area contributed by atoms with Crippen molar-refractivity contribution >= 4 is 33.5 Å². The van der Waals surface area contributed by atoms with E-state index < -0.39 is 22.1 Å². The Morgan fingerprint density at radius 2 is 1.80 bits per heavy atom. The second kappa shape index (κ2) is 8.07. The third-order valence-electron chi connectivity index (χ3n) is 4.64. The summed E-state index contributed by atoms with van der Waals surface area (Å²) in [5, 5.41) is 22.0. The minimum atomic E-state index is -0.863. The molecule has 0 spiro atoms. The van der Waals surface area contributed by atoms with Gasteiger partial charge in [0.2, 0.25) is 5.88 Å². The van der Waals surface area contributed by atoms with Gasteiger partial charge >= 0.3 is 5.69 Å². The molecule has 154 valence electrons. The molecule has 30 heavy (non-hydrogen) atoms. The Labute approximate surface area is 178 Å². The standard InChI is InChI=1S/C20H17BrN4O5/c1-10-7-16(17(25(29)30)8-11(10)2)22-9-14-18(26)23-20(28)24(19(14)27)13-4-5-15(21)12(3)6-13/h4-9,27H,1-3H3,(H,23,26,28). The lowest BCUT2D eigenvalue weighted by molar-refractivity contribution is -0.384. The van der Waals surface area contributed by atoms with E-state index in [-0.39, 0.29) is 16.9 Å². The number of nitrogens with zero attached hydrogens (tertiary/aromatic N) is 3. The number of aliphatic imine (C=N–C) groups is 1. The Balaban J connectivity index is 2.18. The number of rotatable bonds is 4. The average molecular weight is 473 g/mol. The molecule has 10 heteroatoms. The van der Waals surface area contributed by atoms with Crippen LogP contribution in [0.2, 0.25) is 0 Å². The summed E-state index contributed by atoms with van der Waals surface area (Å²) in [5.74, 6) is -0.624. The third-order valence-corrected chi connectivity index (χ3v) is 5.53. The molecular formula is C20H17BrN4O5. The van der Waals surface area contributed by atoms with E-state index in [2.05, 4.69) is 25.9 Å². The molecule has 1 aromatic heterocycles. The van der Waals surface area contributed by atoms with E-state index in [1.54, 1.807) is 32.0 Å². The van der Waals surface area contributed by atoms with Crippen LogP contribution in [0.25, 0.3) is 5.69 Å². The van der Waals surface area contributed by atoms with Crippen molar-refractivity contribution in [2.24, 2.45) is 4.99 Å². The summed E-state index contributed by atoms with van der Waals surface area (Å²) in [5.41, 5.74) is 0.448. The maximum atomic E-state index is 12.3. The van der Waals surface area contributed by atoms with Crippen LogP contribution in [0.3, 0.4) is 0 Å². The summed E-state index contributed by atoms with van der Waals surface area (Å²) in [4.78, 5) is 41.5. The normalized spacial score (nSPS) is 11.2. The van der Waals surface area contributed by atoms with Gasteiger partial charge in [-0.15, -0.1) is 0 Å². The first-order chi connectivity index (χ1) is 14.1. The van der Waals surface area contributed by atoms with Crippen LogP contribution in [0, 0.1) is 30.9 Å². The van der Waals surface area contributed by atoms with Crippen LogP contribution in [0.5, 0.6) is 5.88 Å². The number of nitrogens with one attached hydrogen (secondary N) is 1. The van der Waals surface area contributed by atoms with Crippen LogP contribution in [-0.2, 0) is 0 Å². The van der Waals surface area contributed by atoms with Crippen LogP contribution < -0.4 is 11.2 Å². The van der Waals surface area contributed by atoms with Crippen LogP contribution in [0.15, 0.2) is 49.4 Å². The molecule has 0 saturated carbocycles. The molecule has 0 amide bonds. The molecule has 0 unspecified atom stereocenters. The highest BCUT2D eigenvalue weighted by molar-refractivity contribution is 9.10. The average Bonchev–Trinajstić information content (AvgIpc) is 2.66. The molecule has 0 radical (unpaired) electrons. The number of aromatic hydroxyl groups is 1. The van der Waals surface area contributed by atoms with Crippen LogP contribution in [-0.4, -0.2) is 25.8 Å². The van der Waals surface area contributed by atoms with Crippen molar-refractivity contribution in [3.05, 3.63) is 88.0 Å². The predicted octanol–water partition coefficient (Wildman–Crippen LogP) is 3.58. The second-order valence-corrected chi connectivity index (χ2v) is 7.56. The van der Waals surface area contributed by atoms with Crippen molar-refractivity contribution in [1.29, 1.82) is 0 Å². The van der Waals surface area contributed by atoms with E-state index in [9.17, 15) is 24.8 Å². The zero-order valence-corrected chi connectivity index (χ0v) is 17.8. The molecule has 2 aromatic carbocycles. The molecular weight excluding hydrogens is 456 g/mol. The van der Waals surface area contributed by atoms with Gasteiger partial charge in [0.25, 0.3) is 11.2 Å². The Kier molecular flexibility index (Phi) is 5.70. The number of aromatic amines is 1. The molecule has 1 heterocycles. The minimum absolute atomic E-state index is 0.0270. The van der Waals surface area contributed by atoms with Gasteiger partial charge in [-0.2, -0.15) is 0 Å². The molecule has 2 N–H and O–H groups in total. The summed E-state index contributed by atoms with van der Waals surface area (Å²) < 4.78 is 1.74. The number of H-pyrrole nitrogens is 1. The van der Waals surface area contributed by atoms with Gasteiger partial charge in [0, 0.05) is 16.8 Å². The van der Waals surface area contributed by atoms with Gasteiger partial charge in [-0.05, 0) is 61.7 Å². The van der Waals surface area contributed by atoms with Gasteiger partial charge in [0.15, 0.2) is 0 Å². The zero-order valence-electron chi connectivity index (χ0n) is 16.3. The molecule has 0 aliphatic heterocycles. The van der Waals surface area contributed by atoms with E-state index >= 15 is 0 Å². The maximum absolute atomic E-state index is 12.3. The number of aromatic nitrogens is 2. The summed E-state index contributed by atoms with van der Waals surface area (Å²) in [6.07, 6.45) is 1.01. The largest absolute Gasteiger partial charge is 0.493 e. The zero-order chi connectivity index (χ0) is 22.2. The van der Waals surface area contributed by atoms with Crippen LogP contribution in [0.4, 0.5) is 11.4 Å². The van der Waals surface area contributed by atoms with E-state index in [0.29, 0.717) is 5.69 Å². The molecule has 3 aromatic rings. The van der Waals surface area contributed by atoms with Gasteiger partial charge in [0.1, 0.15) is 11.3 Å². The second-order valence-electron chi connectivity index (χ2n) is 6.71. The van der Waals surface area contributed by atoms with Gasteiger partial charge in [0.05, 0.1) is 10.6 Å². The predicted molar refractivity (Wildman–Crippen MR) is 117 cm³/mol. The SMILES string of the molecule is Cc1cc(N=Cc2c(O)n(-c3ccc(Br)c(C)c3)c(=O)[nH]c2=O)c([N+](=O)[O-])cc1C. The molecule has 0 atom stereocenters. The van der Waals surface area contributed by atoms with E-state index in [1.165, 1.54) is 12.1 Å². The lowest BCUT2D eigenvalue weighted by Crippen LogP contribution is -2.31. The number of hydrogen-bond acceptors (Lipinski definition) is 6. The van der Waals surface area contributed by atoms with Crippen molar-refractivity contribution in [3.63, 3.8) is 0 Å². The number of nitro groups is 1. The lowest BCUT2D eigenvalue weighted by Gasteiger charge is -2.11. The summed E-state index contributed by atoms with van der Waals surface area (Å²) in [7, 11) is 0. The first-order valence-corrected chi connectivity index (χ1v) is 9.54. The smallest absolute Gasteiger partial charge is 0.335 e. The molecule has 9 nitrogen and oxygen atoms in total. The van der Waals surface area contributed by atoms with E-state index in [4.69, 9.17) is 0 Å². The highest BCUT2D eigenvalue weighted by Crippen LogP contribution is 2.30. The van der Waals surface area contributed by atoms with Crippen molar-refractivity contribution in [1.82, 2.24) is 9.55 Å². The molecule has 0 saturated heterocycles. The number of nitro benzene ring substituents is 1. The number of hydrogen-bond donors (Lipinski definition) is 2. The van der Waals surface area contributed by atoms with Crippen molar-refractivity contribution in [3.8, 4) is 11.6 Å². The fraction of sp³-hybridized carbons (Fsp3) is 0.150. The van der Waals surface area contributed by atoms with E-state index in [1.807, 2.05) is 6.92 Å². The van der Waals surface area contributed by atoms with Crippen molar-refractivity contribution in [2.75, 3.05) is 0 Å². The Hall–Kier alpha value is -3.53. The van der Waals surface area contributed by atoms with Crippen molar-refractivity contribution in [2.45, 2.75) is 20.8 Å². The van der Waals surface area contributed by atoms with Crippen molar-refractivity contribution < 1.29 is 10.0 Å². The number of benzene rings is 2. The van der Waals surface area contributed by atoms with Crippen LogP contribution >= 0.6 is 15.9 Å². The Morgan fingerprint density at radius 3 is 2.43 bits per heavy atom. The summed E-state index contributed by atoms with van der Waals surface area (Å²) in [6.45, 7) is 5.32. The molecule has 0 bridgehead atoms. The Morgan fingerprint density at radius 1 is 1.13 bits per heavy atom. The molecule has 0 fully saturated rings. The van der Waals surface area contributed by atoms with Gasteiger partial charge in [-0.1, -0.05) is 15.9 Å². The monoisotopic (exact) mass is 472 g/mol. The Bertz CT molecular complexity index is 1320. The fourth-order valence-corrected chi connectivity index (χ4v) is 3.08. The molecule has 3 rings (SSSR count). The first kappa shape index (κ1) is 21.2. The van der Waals surface area contributed by atoms with Gasteiger partial charge in [-0.3, -0.25) is 19.9 Å². The van der Waals surface area contributed by atoms with E-state index in [0.717, 1.165) is 31.9 Å². The quantitative estimate of drug-likeness (QED) is 0.340. The first-order valence-electron chi connectivity index (χ1n) is 8.74. The highest BCUT2D eigenvalue weighted by atomic mass is 79.9. The van der Waals surface area contributed by atoms with Gasteiger partial charge < -0.3 is 5.11 Å². The maximum Gasteiger partial charge on any atom is 0.335 e. The third kappa shape index (κ3) is 3.94. The molecule has 0 aliphatic carbocycles. The van der Waals surface area contributed by atoms with Crippen LogP contribution in [0.1, 0.15) is 22.3 Å². The van der Waals surface area contributed by atoms with Gasteiger partial charge in [-0.25, -0.2) is 14.4 Å². The summed E-state index contributed by atoms with van der Waals surface area (Å²) in [6, 6.07) is 7.85. The lowest BCUT2D eigenvalue weighted by atomic mass is 10.1.